The number of hydrogen-bond donors (Lipinski definition) is 2. The molecule has 3 N–H and O–H groups in total. The minimum Gasteiger partial charge on any atom is -0.466 e. The predicted molar refractivity (Wildman–Crippen MR) is 71.7 cm³/mol. The van der Waals surface area contributed by atoms with Crippen molar-refractivity contribution in [2.75, 3.05) is 11.1 Å². The van der Waals surface area contributed by atoms with E-state index in [1.54, 1.807) is 20.8 Å². The van der Waals surface area contributed by atoms with Gasteiger partial charge in [-0.3, -0.25) is 4.79 Å². The summed E-state index contributed by atoms with van der Waals surface area (Å²) < 4.78 is 18.6. The molecule has 4 nitrogen and oxygen atoms in total. The van der Waals surface area contributed by atoms with Crippen LogP contribution in [0.3, 0.4) is 0 Å². The second-order valence-electron chi connectivity index (χ2n) is 4.44. The van der Waals surface area contributed by atoms with Crippen LogP contribution in [0.5, 0.6) is 0 Å². The molecular formula is C14H15FN2O2. The number of carbonyl (C=O) groups excluding carboxylic acids is 1. The maximum absolute atomic E-state index is 13.2. The fraction of sp³-hybridized carbons (Fsp3) is 0.214. The fourth-order valence-electron chi connectivity index (χ4n) is 2.01. The van der Waals surface area contributed by atoms with Gasteiger partial charge >= 0.3 is 0 Å². The molecule has 0 saturated heterocycles. The zero-order valence-corrected chi connectivity index (χ0v) is 11.0. The number of rotatable bonds is 2. The number of halogens is 1. The largest absolute Gasteiger partial charge is 0.466 e. The summed E-state index contributed by atoms with van der Waals surface area (Å²) in [6.45, 7) is 5.31. The molecule has 100 valence electrons. The maximum atomic E-state index is 13.2. The van der Waals surface area contributed by atoms with Gasteiger partial charge in [0.2, 0.25) is 0 Å². The molecule has 0 fully saturated rings. The highest BCUT2D eigenvalue weighted by molar-refractivity contribution is 6.06. The minimum atomic E-state index is -0.493. The lowest BCUT2D eigenvalue weighted by Gasteiger charge is -2.06. The molecule has 0 spiro atoms. The van der Waals surface area contributed by atoms with Gasteiger partial charge in [-0.1, -0.05) is 0 Å². The van der Waals surface area contributed by atoms with Crippen LogP contribution >= 0.6 is 0 Å². The van der Waals surface area contributed by atoms with Crippen LogP contribution in [0.2, 0.25) is 0 Å². The van der Waals surface area contributed by atoms with E-state index in [2.05, 4.69) is 5.32 Å². The third kappa shape index (κ3) is 2.59. The van der Waals surface area contributed by atoms with Gasteiger partial charge in [0.15, 0.2) is 0 Å². The molecule has 0 saturated carbocycles. The van der Waals surface area contributed by atoms with Gasteiger partial charge in [-0.15, -0.1) is 0 Å². The first-order valence-corrected chi connectivity index (χ1v) is 5.82. The Kier molecular flexibility index (Phi) is 3.29. The summed E-state index contributed by atoms with van der Waals surface area (Å²) in [5.41, 5.74) is 7.35. The van der Waals surface area contributed by atoms with E-state index < -0.39 is 5.82 Å². The highest BCUT2D eigenvalue weighted by atomic mass is 19.1. The van der Waals surface area contributed by atoms with Crippen molar-refractivity contribution in [3.05, 3.63) is 46.7 Å². The van der Waals surface area contributed by atoms with Crippen LogP contribution in [0.15, 0.2) is 22.6 Å². The molecule has 0 radical (unpaired) electrons. The average Bonchev–Trinajstić information content (AvgIpc) is 2.51. The molecule has 1 aromatic heterocycles. The summed E-state index contributed by atoms with van der Waals surface area (Å²) >= 11 is 0. The zero-order chi connectivity index (χ0) is 14.2. The van der Waals surface area contributed by atoms with Gasteiger partial charge in [0.05, 0.1) is 5.56 Å². The fourth-order valence-corrected chi connectivity index (χ4v) is 2.01. The maximum Gasteiger partial charge on any atom is 0.259 e. The number of nitrogen functional groups attached to an aromatic ring is 1. The number of nitrogens with one attached hydrogen (secondary N) is 1. The Balaban J connectivity index is 2.30. The molecule has 0 bridgehead atoms. The van der Waals surface area contributed by atoms with E-state index >= 15 is 0 Å². The summed E-state index contributed by atoms with van der Waals surface area (Å²) in [6.07, 6.45) is 0. The first-order valence-electron chi connectivity index (χ1n) is 5.82. The summed E-state index contributed by atoms with van der Waals surface area (Å²) in [4.78, 5) is 12.2. The molecule has 1 aromatic carbocycles. The third-order valence-corrected chi connectivity index (χ3v) is 2.97. The van der Waals surface area contributed by atoms with Gasteiger partial charge in [-0.25, -0.2) is 4.39 Å². The van der Waals surface area contributed by atoms with Gasteiger partial charge in [-0.05, 0) is 39.0 Å². The van der Waals surface area contributed by atoms with Crippen LogP contribution in [-0.2, 0) is 0 Å². The molecule has 5 heteroatoms. The molecule has 2 aromatic rings. The van der Waals surface area contributed by atoms with Crippen molar-refractivity contribution in [1.82, 2.24) is 0 Å². The van der Waals surface area contributed by atoms with Gasteiger partial charge < -0.3 is 15.5 Å². The predicted octanol–water partition coefficient (Wildman–Crippen LogP) is 3.18. The molecule has 1 heterocycles. The van der Waals surface area contributed by atoms with E-state index in [4.69, 9.17) is 10.2 Å². The Hall–Kier alpha value is -2.30. The van der Waals surface area contributed by atoms with Crippen molar-refractivity contribution in [1.29, 1.82) is 0 Å². The number of aryl methyl sites for hydroxylation is 2. The van der Waals surface area contributed by atoms with Crippen molar-refractivity contribution in [2.45, 2.75) is 20.8 Å². The second kappa shape index (κ2) is 4.76. The van der Waals surface area contributed by atoms with E-state index in [9.17, 15) is 9.18 Å². The zero-order valence-electron chi connectivity index (χ0n) is 11.0. The first kappa shape index (κ1) is 13.1. The van der Waals surface area contributed by atoms with Crippen LogP contribution in [0, 0.1) is 26.6 Å². The molecule has 1 amide bonds. The SMILES string of the molecule is Cc1oc(C)c(C(=O)Nc2cc(N)cc(F)c2)c1C. The van der Waals surface area contributed by atoms with Crippen LogP contribution < -0.4 is 11.1 Å². The number of carbonyl (C=O) groups is 1. The molecule has 19 heavy (non-hydrogen) atoms. The summed E-state index contributed by atoms with van der Waals surface area (Å²) in [7, 11) is 0. The van der Waals surface area contributed by atoms with Gasteiger partial charge in [-0.2, -0.15) is 0 Å². The van der Waals surface area contributed by atoms with Crippen molar-refractivity contribution < 1.29 is 13.6 Å². The van der Waals surface area contributed by atoms with Crippen LogP contribution in [0.25, 0.3) is 0 Å². The molecule has 0 aliphatic heterocycles. The Morgan fingerprint density at radius 3 is 2.42 bits per heavy atom. The number of nitrogens with two attached hydrogens (primary N) is 1. The van der Waals surface area contributed by atoms with Crippen molar-refractivity contribution >= 4 is 17.3 Å². The summed E-state index contributed by atoms with van der Waals surface area (Å²) in [5, 5.41) is 2.62. The molecule has 0 unspecified atom stereocenters. The summed E-state index contributed by atoms with van der Waals surface area (Å²) in [6, 6.07) is 3.90. The monoisotopic (exact) mass is 262 g/mol. The van der Waals surface area contributed by atoms with Crippen molar-refractivity contribution in [3.63, 3.8) is 0 Å². The molecule has 0 atom stereocenters. The lowest BCUT2D eigenvalue weighted by molar-refractivity contribution is 0.102. The number of furan rings is 1. The Morgan fingerprint density at radius 1 is 1.21 bits per heavy atom. The Morgan fingerprint density at radius 2 is 1.89 bits per heavy atom. The number of anilines is 2. The van der Waals surface area contributed by atoms with E-state index in [0.717, 1.165) is 5.56 Å². The molecule has 0 aliphatic carbocycles. The van der Waals surface area contributed by atoms with Crippen LogP contribution in [-0.4, -0.2) is 5.91 Å². The van der Waals surface area contributed by atoms with E-state index in [1.165, 1.54) is 18.2 Å². The van der Waals surface area contributed by atoms with Crippen LogP contribution in [0.1, 0.15) is 27.4 Å². The van der Waals surface area contributed by atoms with Crippen LogP contribution in [0.4, 0.5) is 15.8 Å². The van der Waals surface area contributed by atoms with Gasteiger partial charge in [0.25, 0.3) is 5.91 Å². The number of hydrogen-bond acceptors (Lipinski definition) is 3. The Labute approximate surface area is 110 Å². The average molecular weight is 262 g/mol. The lowest BCUT2D eigenvalue weighted by atomic mass is 10.1. The quantitative estimate of drug-likeness (QED) is 0.817. The second-order valence-corrected chi connectivity index (χ2v) is 4.44. The standard InChI is InChI=1S/C14H15FN2O2/c1-7-8(2)19-9(3)13(7)14(18)17-12-5-10(15)4-11(16)6-12/h4-6H,16H2,1-3H3,(H,17,18). The lowest BCUT2D eigenvalue weighted by Crippen LogP contribution is -2.13. The first-order chi connectivity index (χ1) is 8.88. The van der Waals surface area contributed by atoms with E-state index in [0.29, 0.717) is 22.8 Å². The van der Waals surface area contributed by atoms with Gasteiger partial charge in [0, 0.05) is 16.9 Å². The highest BCUT2D eigenvalue weighted by Crippen LogP contribution is 2.23. The molecule has 2 rings (SSSR count). The number of amides is 1. The smallest absolute Gasteiger partial charge is 0.259 e. The van der Waals surface area contributed by atoms with Crippen molar-refractivity contribution in [2.24, 2.45) is 0 Å². The summed E-state index contributed by atoms with van der Waals surface area (Å²) in [5.74, 6) is 0.405. The third-order valence-electron chi connectivity index (χ3n) is 2.97. The Bertz CT molecular complexity index is 627. The van der Waals surface area contributed by atoms with E-state index in [-0.39, 0.29) is 11.6 Å². The van der Waals surface area contributed by atoms with Gasteiger partial charge in [0.1, 0.15) is 17.3 Å². The minimum absolute atomic E-state index is 0.257. The molecular weight excluding hydrogens is 247 g/mol. The topological polar surface area (TPSA) is 68.3 Å². The van der Waals surface area contributed by atoms with E-state index in [1.807, 2.05) is 0 Å². The number of benzene rings is 1. The van der Waals surface area contributed by atoms with Crippen molar-refractivity contribution in [3.8, 4) is 0 Å². The molecule has 0 aliphatic rings. The highest BCUT2D eigenvalue weighted by Gasteiger charge is 2.18. The normalized spacial score (nSPS) is 10.5.